The Morgan fingerprint density at radius 2 is 2.13 bits per heavy atom. The molecule has 23 heavy (non-hydrogen) atoms. The van der Waals surface area contributed by atoms with Crippen LogP contribution in [0.15, 0.2) is 42.7 Å². The predicted molar refractivity (Wildman–Crippen MR) is 86.2 cm³/mol. The van der Waals surface area contributed by atoms with Gasteiger partial charge in [-0.1, -0.05) is 43.7 Å². The molecule has 2 N–H and O–H groups in total. The highest BCUT2D eigenvalue weighted by atomic mass is 16.4. The molecule has 0 fully saturated rings. The lowest BCUT2D eigenvalue weighted by Crippen LogP contribution is -2.30. The summed E-state index contributed by atoms with van der Waals surface area (Å²) in [5.41, 5.74) is 1.65. The quantitative estimate of drug-likeness (QED) is 0.726. The Hall–Kier alpha value is -2.96. The van der Waals surface area contributed by atoms with Gasteiger partial charge in [0.25, 0.3) is 5.78 Å². The van der Waals surface area contributed by atoms with Crippen molar-refractivity contribution < 1.29 is 9.90 Å². The fourth-order valence-electron chi connectivity index (χ4n) is 2.40. The van der Waals surface area contributed by atoms with E-state index in [0.29, 0.717) is 23.7 Å². The molecule has 3 aromatic rings. The smallest absolute Gasteiger partial charge is 0.326 e. The maximum atomic E-state index is 11.4. The number of nitrogens with zero attached hydrogens (tertiary/aromatic N) is 4. The number of carboxylic acid groups (broad SMARTS) is 1. The molecule has 1 unspecified atom stereocenters. The Balaban J connectivity index is 2.04. The maximum absolute atomic E-state index is 11.4. The largest absolute Gasteiger partial charge is 0.480 e. The summed E-state index contributed by atoms with van der Waals surface area (Å²) in [7, 11) is 0. The summed E-state index contributed by atoms with van der Waals surface area (Å²) in [4.78, 5) is 20.0. The molecule has 0 aliphatic heterocycles. The molecule has 3 rings (SSSR count). The van der Waals surface area contributed by atoms with Gasteiger partial charge in [0.2, 0.25) is 0 Å². The number of fused-ring (bicyclic) bond motifs is 1. The van der Waals surface area contributed by atoms with Gasteiger partial charge in [-0.25, -0.2) is 9.78 Å². The molecule has 2 heterocycles. The monoisotopic (exact) mass is 311 g/mol. The number of carbonyl (C=O) groups is 1. The Morgan fingerprint density at radius 1 is 1.35 bits per heavy atom. The van der Waals surface area contributed by atoms with Gasteiger partial charge >= 0.3 is 5.97 Å². The Kier molecular flexibility index (Phi) is 4.18. The van der Waals surface area contributed by atoms with Crippen molar-refractivity contribution in [3.05, 3.63) is 42.7 Å². The van der Waals surface area contributed by atoms with E-state index in [0.717, 1.165) is 12.0 Å². The minimum absolute atomic E-state index is 0.425. The number of carboxylic acids is 1. The summed E-state index contributed by atoms with van der Waals surface area (Å²) in [6.45, 7) is 1.95. The molecule has 0 saturated carbocycles. The number of nitrogens with one attached hydrogen (secondary N) is 1. The second-order valence-electron chi connectivity index (χ2n) is 5.19. The third-order valence-electron chi connectivity index (χ3n) is 3.52. The lowest BCUT2D eigenvalue weighted by molar-refractivity contribution is -0.138. The third-order valence-corrected chi connectivity index (χ3v) is 3.52. The summed E-state index contributed by atoms with van der Waals surface area (Å²) >= 11 is 0. The molecule has 7 nitrogen and oxygen atoms in total. The van der Waals surface area contributed by atoms with Crippen LogP contribution >= 0.6 is 0 Å². The van der Waals surface area contributed by atoms with Crippen molar-refractivity contribution in [2.45, 2.75) is 25.8 Å². The zero-order valence-corrected chi connectivity index (χ0v) is 12.7. The molecule has 0 amide bonds. The number of aliphatic carboxylic acids is 1. The normalized spacial score (nSPS) is 12.2. The highest BCUT2D eigenvalue weighted by molar-refractivity contribution is 5.77. The van der Waals surface area contributed by atoms with Crippen LogP contribution in [0, 0.1) is 0 Å². The van der Waals surface area contributed by atoms with Crippen molar-refractivity contribution in [2.24, 2.45) is 0 Å². The summed E-state index contributed by atoms with van der Waals surface area (Å²) in [5, 5.41) is 16.5. The van der Waals surface area contributed by atoms with Crippen molar-refractivity contribution in [1.29, 1.82) is 0 Å². The first kappa shape index (κ1) is 15.0. The van der Waals surface area contributed by atoms with E-state index in [-0.39, 0.29) is 0 Å². The van der Waals surface area contributed by atoms with Crippen molar-refractivity contribution in [3.63, 3.8) is 0 Å². The molecule has 0 aliphatic rings. The Labute approximate surface area is 133 Å². The van der Waals surface area contributed by atoms with Crippen LogP contribution in [0.5, 0.6) is 0 Å². The molecule has 0 radical (unpaired) electrons. The zero-order chi connectivity index (χ0) is 16.2. The van der Waals surface area contributed by atoms with Crippen LogP contribution < -0.4 is 5.32 Å². The van der Waals surface area contributed by atoms with E-state index in [1.54, 1.807) is 6.07 Å². The zero-order valence-electron chi connectivity index (χ0n) is 12.7. The van der Waals surface area contributed by atoms with E-state index in [1.165, 1.54) is 10.8 Å². The van der Waals surface area contributed by atoms with E-state index in [4.69, 9.17) is 0 Å². The lowest BCUT2D eigenvalue weighted by Gasteiger charge is -2.16. The molecule has 1 atom stereocenters. The Bertz CT molecular complexity index is 816. The second kappa shape index (κ2) is 6.43. The molecule has 7 heteroatoms. The van der Waals surface area contributed by atoms with Gasteiger partial charge in [-0.15, -0.1) is 0 Å². The fraction of sp³-hybridized carbons (Fsp3) is 0.250. The topological polar surface area (TPSA) is 92.4 Å². The van der Waals surface area contributed by atoms with Crippen LogP contribution in [0.3, 0.4) is 0 Å². The Morgan fingerprint density at radius 3 is 2.83 bits per heavy atom. The van der Waals surface area contributed by atoms with Crippen molar-refractivity contribution in [1.82, 2.24) is 19.6 Å². The van der Waals surface area contributed by atoms with Gasteiger partial charge in [-0.3, -0.25) is 0 Å². The molecule has 1 aromatic carbocycles. The highest BCUT2D eigenvalue weighted by Crippen LogP contribution is 2.22. The SMILES string of the molecule is CCCC(Nc1cc(-c2ccccc2)nc2ncnn12)C(=O)O. The van der Waals surface area contributed by atoms with Crippen LogP contribution in [0.25, 0.3) is 17.0 Å². The first-order chi connectivity index (χ1) is 11.2. The number of anilines is 1. The molecule has 2 aromatic heterocycles. The standard InChI is InChI=1S/C16H17N5O2/c1-2-6-12(15(22)23)19-14-9-13(11-7-4-3-5-8-11)20-16-17-10-18-21(14)16/h3-5,7-10,12,19H,2,6H2,1H3,(H,22,23). The van der Waals surface area contributed by atoms with E-state index in [2.05, 4.69) is 20.4 Å². The highest BCUT2D eigenvalue weighted by Gasteiger charge is 2.18. The van der Waals surface area contributed by atoms with Crippen LogP contribution in [-0.4, -0.2) is 36.7 Å². The first-order valence-corrected chi connectivity index (χ1v) is 7.44. The van der Waals surface area contributed by atoms with Gasteiger partial charge in [0.1, 0.15) is 18.2 Å². The van der Waals surface area contributed by atoms with Gasteiger partial charge in [-0.05, 0) is 6.42 Å². The second-order valence-corrected chi connectivity index (χ2v) is 5.19. The fourth-order valence-corrected chi connectivity index (χ4v) is 2.40. The van der Waals surface area contributed by atoms with E-state index in [9.17, 15) is 9.90 Å². The summed E-state index contributed by atoms with van der Waals surface area (Å²) < 4.78 is 1.51. The summed E-state index contributed by atoms with van der Waals surface area (Å²) in [6, 6.07) is 10.8. The molecule has 0 saturated heterocycles. The molecule has 0 spiro atoms. The van der Waals surface area contributed by atoms with Crippen LogP contribution in [-0.2, 0) is 4.79 Å². The van der Waals surface area contributed by atoms with Crippen molar-refractivity contribution >= 4 is 17.6 Å². The van der Waals surface area contributed by atoms with Gasteiger partial charge in [0, 0.05) is 11.6 Å². The van der Waals surface area contributed by atoms with Crippen molar-refractivity contribution in [2.75, 3.05) is 5.32 Å². The van der Waals surface area contributed by atoms with Gasteiger partial charge < -0.3 is 10.4 Å². The molecular weight excluding hydrogens is 294 g/mol. The van der Waals surface area contributed by atoms with Crippen LogP contribution in [0.4, 0.5) is 5.82 Å². The number of hydrogen-bond donors (Lipinski definition) is 2. The molecule has 118 valence electrons. The average Bonchev–Trinajstić information content (AvgIpc) is 3.03. The van der Waals surface area contributed by atoms with Crippen LogP contribution in [0.1, 0.15) is 19.8 Å². The van der Waals surface area contributed by atoms with E-state index in [1.807, 2.05) is 37.3 Å². The molecule has 0 aliphatic carbocycles. The van der Waals surface area contributed by atoms with E-state index >= 15 is 0 Å². The lowest BCUT2D eigenvalue weighted by atomic mass is 10.1. The third kappa shape index (κ3) is 3.13. The maximum Gasteiger partial charge on any atom is 0.326 e. The first-order valence-electron chi connectivity index (χ1n) is 7.44. The molecule has 0 bridgehead atoms. The number of aromatic nitrogens is 4. The average molecular weight is 311 g/mol. The predicted octanol–water partition coefficient (Wildman–Crippen LogP) is 2.46. The van der Waals surface area contributed by atoms with Gasteiger partial charge in [0.15, 0.2) is 0 Å². The minimum atomic E-state index is -0.891. The molecular formula is C16H17N5O2. The number of hydrogen-bond acceptors (Lipinski definition) is 5. The summed E-state index contributed by atoms with van der Waals surface area (Å²) in [5.74, 6) is 0.0971. The number of benzene rings is 1. The van der Waals surface area contributed by atoms with Crippen LogP contribution in [0.2, 0.25) is 0 Å². The van der Waals surface area contributed by atoms with E-state index < -0.39 is 12.0 Å². The van der Waals surface area contributed by atoms with Gasteiger partial charge in [0.05, 0.1) is 5.69 Å². The summed E-state index contributed by atoms with van der Waals surface area (Å²) in [6.07, 6.45) is 2.69. The minimum Gasteiger partial charge on any atom is -0.480 e. The van der Waals surface area contributed by atoms with Crippen molar-refractivity contribution in [3.8, 4) is 11.3 Å². The number of rotatable bonds is 6. The van der Waals surface area contributed by atoms with Gasteiger partial charge in [-0.2, -0.15) is 14.6 Å².